The lowest BCUT2D eigenvalue weighted by atomic mass is 10.0. The highest BCUT2D eigenvalue weighted by Crippen LogP contribution is 2.45. The minimum absolute atomic E-state index is 0.101. The Morgan fingerprint density at radius 1 is 0.291 bits per heavy atom. The molecule has 0 amide bonds. The van der Waals surface area contributed by atoms with Crippen molar-refractivity contribution in [3.8, 4) is 0 Å². The topological polar surface area (TPSA) is 237 Å². The molecular weight excluding hydrogens is 1140 g/mol. The summed E-state index contributed by atoms with van der Waals surface area (Å²) in [7, 11) is -9.89. The van der Waals surface area contributed by atoms with Crippen molar-refractivity contribution in [3.05, 3.63) is 0 Å². The largest absolute Gasteiger partial charge is 0.472 e. The first-order valence-corrected chi connectivity index (χ1v) is 37.7. The van der Waals surface area contributed by atoms with Gasteiger partial charge >= 0.3 is 39.5 Å². The molecule has 0 fully saturated rings. The van der Waals surface area contributed by atoms with Gasteiger partial charge in [-0.2, -0.15) is 0 Å². The van der Waals surface area contributed by atoms with Crippen LogP contribution in [0.5, 0.6) is 0 Å². The van der Waals surface area contributed by atoms with Crippen LogP contribution in [0.2, 0.25) is 0 Å². The summed E-state index contributed by atoms with van der Waals surface area (Å²) in [6.45, 7) is 14.0. The van der Waals surface area contributed by atoms with Gasteiger partial charge in [-0.1, -0.05) is 274 Å². The molecule has 0 aromatic heterocycles. The fraction of sp³-hybridized carbons (Fsp3) is 0.940. The zero-order valence-corrected chi connectivity index (χ0v) is 57.7. The lowest BCUT2D eigenvalue weighted by molar-refractivity contribution is -0.161. The van der Waals surface area contributed by atoms with Crippen molar-refractivity contribution < 1.29 is 80.2 Å². The van der Waals surface area contributed by atoms with Crippen LogP contribution < -0.4 is 0 Å². The second-order valence-electron chi connectivity index (χ2n) is 26.1. The Morgan fingerprint density at radius 3 is 0.721 bits per heavy atom. The normalized spacial score (nSPS) is 14.4. The molecule has 0 aliphatic rings. The van der Waals surface area contributed by atoms with Crippen molar-refractivity contribution in [2.75, 3.05) is 39.6 Å². The van der Waals surface area contributed by atoms with E-state index >= 15 is 0 Å². The van der Waals surface area contributed by atoms with Crippen LogP contribution in [0.4, 0.5) is 0 Å². The van der Waals surface area contributed by atoms with E-state index < -0.39 is 97.5 Å². The second kappa shape index (κ2) is 57.0. The molecule has 0 bridgehead atoms. The molecule has 0 heterocycles. The summed E-state index contributed by atoms with van der Waals surface area (Å²) in [5.74, 6) is 0.756. The van der Waals surface area contributed by atoms with E-state index in [9.17, 15) is 43.2 Å². The number of esters is 4. The van der Waals surface area contributed by atoms with Gasteiger partial charge in [0, 0.05) is 25.7 Å². The van der Waals surface area contributed by atoms with E-state index in [2.05, 4.69) is 55.4 Å². The van der Waals surface area contributed by atoms with Gasteiger partial charge in [0.05, 0.1) is 26.4 Å². The molecule has 0 aliphatic carbocycles. The van der Waals surface area contributed by atoms with Gasteiger partial charge < -0.3 is 33.8 Å². The molecule has 0 radical (unpaired) electrons. The standard InChI is InChI=1S/C67H130O17P2/c1-57(2)43-35-27-19-13-11-9-10-12-14-22-31-39-47-64(69)77-54-63(84-67(72)50-42-34-26-25-30-38-46-60(7)8)56-82-86(75,76)80-52-61(68)51-79-85(73,74)81-55-62(83-66(71)49-41-33-24-18-16-21-29-37-45-59(5)6)53-78-65(70)48-40-32-23-17-15-20-28-36-44-58(3)4/h57-63,68H,9-56H2,1-8H3,(H,73,74)(H,75,76)/t61?,62-,63-/m1/s1. The van der Waals surface area contributed by atoms with E-state index in [-0.39, 0.29) is 25.7 Å². The number of hydrogen-bond donors (Lipinski definition) is 3. The number of carbonyl (C=O) groups is 4. The second-order valence-corrected chi connectivity index (χ2v) is 29.0. The molecular formula is C67H130O17P2. The molecule has 0 aliphatic heterocycles. The minimum atomic E-state index is -4.95. The first-order valence-electron chi connectivity index (χ1n) is 34.7. The van der Waals surface area contributed by atoms with Gasteiger partial charge in [0.15, 0.2) is 12.2 Å². The minimum Gasteiger partial charge on any atom is -0.462 e. The molecule has 0 spiro atoms. The number of unbranched alkanes of at least 4 members (excludes halogenated alkanes) is 30. The molecule has 0 aromatic carbocycles. The maximum atomic E-state index is 13.0. The molecule has 3 N–H and O–H groups in total. The van der Waals surface area contributed by atoms with Crippen LogP contribution >= 0.6 is 15.6 Å². The lowest BCUT2D eigenvalue weighted by Crippen LogP contribution is -2.30. The van der Waals surface area contributed by atoms with Gasteiger partial charge in [0.2, 0.25) is 0 Å². The van der Waals surface area contributed by atoms with Crippen LogP contribution in [0.15, 0.2) is 0 Å². The average molecular weight is 1270 g/mol. The van der Waals surface area contributed by atoms with Crippen molar-refractivity contribution >= 4 is 39.5 Å². The fourth-order valence-corrected chi connectivity index (χ4v) is 11.5. The van der Waals surface area contributed by atoms with Crippen molar-refractivity contribution in [1.82, 2.24) is 0 Å². The van der Waals surface area contributed by atoms with Crippen molar-refractivity contribution in [1.29, 1.82) is 0 Å². The van der Waals surface area contributed by atoms with Gasteiger partial charge in [-0.3, -0.25) is 37.3 Å². The SMILES string of the molecule is CC(C)CCCCCCCCCCCCCCC(=O)OC[C@H](COP(=O)(O)OCC(O)COP(=O)(O)OC[C@@H](COC(=O)CCCCCCCCCCC(C)C)OC(=O)CCCCCCCCCCC(C)C)OC(=O)CCCCCCCCC(C)C. The number of aliphatic hydroxyl groups excluding tert-OH is 1. The number of phosphoric acid groups is 2. The number of phosphoric ester groups is 2. The number of rotatable bonds is 64. The zero-order chi connectivity index (χ0) is 63.9. The van der Waals surface area contributed by atoms with Gasteiger partial charge in [-0.25, -0.2) is 9.13 Å². The molecule has 3 unspecified atom stereocenters. The third-order valence-electron chi connectivity index (χ3n) is 15.3. The number of aliphatic hydroxyl groups is 1. The summed E-state index contributed by atoms with van der Waals surface area (Å²) in [6, 6.07) is 0. The maximum absolute atomic E-state index is 13.0. The molecule has 17 nitrogen and oxygen atoms in total. The Kier molecular flexibility index (Phi) is 55.7. The highest BCUT2D eigenvalue weighted by atomic mass is 31.2. The van der Waals surface area contributed by atoms with Gasteiger partial charge in [-0.05, 0) is 49.4 Å². The van der Waals surface area contributed by atoms with E-state index in [4.69, 9.17) is 37.0 Å². The number of hydrogen-bond acceptors (Lipinski definition) is 15. The van der Waals surface area contributed by atoms with Gasteiger partial charge in [0.1, 0.15) is 19.3 Å². The average Bonchev–Trinajstić information content (AvgIpc) is 3.65. The van der Waals surface area contributed by atoms with E-state index in [0.29, 0.717) is 31.6 Å². The lowest BCUT2D eigenvalue weighted by Gasteiger charge is -2.21. The highest BCUT2D eigenvalue weighted by molar-refractivity contribution is 7.47. The Balaban J connectivity index is 5.21. The predicted molar refractivity (Wildman–Crippen MR) is 344 cm³/mol. The van der Waals surface area contributed by atoms with Crippen LogP contribution in [0.3, 0.4) is 0 Å². The Hall–Kier alpha value is -1.94. The monoisotopic (exact) mass is 1270 g/mol. The highest BCUT2D eigenvalue weighted by Gasteiger charge is 2.30. The van der Waals surface area contributed by atoms with Crippen LogP contribution in [0.1, 0.15) is 325 Å². The van der Waals surface area contributed by atoms with Crippen molar-refractivity contribution in [2.24, 2.45) is 23.7 Å². The quantitative estimate of drug-likeness (QED) is 0.0222. The zero-order valence-electron chi connectivity index (χ0n) is 55.9. The molecule has 86 heavy (non-hydrogen) atoms. The van der Waals surface area contributed by atoms with Crippen LogP contribution in [-0.2, 0) is 65.4 Å². The molecule has 510 valence electrons. The molecule has 0 saturated carbocycles. The van der Waals surface area contributed by atoms with E-state index in [1.807, 2.05) is 0 Å². The van der Waals surface area contributed by atoms with Crippen LogP contribution in [-0.4, -0.2) is 96.7 Å². The third-order valence-corrected chi connectivity index (χ3v) is 17.2. The first kappa shape index (κ1) is 84.1. The summed E-state index contributed by atoms with van der Waals surface area (Å²) in [4.78, 5) is 72.3. The summed E-state index contributed by atoms with van der Waals surface area (Å²) in [5, 5.41) is 10.6. The predicted octanol–water partition coefficient (Wildman–Crippen LogP) is 18.5. The van der Waals surface area contributed by atoms with E-state index in [0.717, 1.165) is 108 Å². The molecule has 19 heteroatoms. The van der Waals surface area contributed by atoms with Gasteiger partial charge in [-0.15, -0.1) is 0 Å². The Morgan fingerprint density at radius 2 is 0.488 bits per heavy atom. The van der Waals surface area contributed by atoms with Crippen molar-refractivity contribution in [3.63, 3.8) is 0 Å². The molecule has 0 aromatic rings. The van der Waals surface area contributed by atoms with E-state index in [1.54, 1.807) is 0 Å². The maximum Gasteiger partial charge on any atom is 0.472 e. The smallest absolute Gasteiger partial charge is 0.462 e. The summed E-state index contributed by atoms with van der Waals surface area (Å²) in [5.41, 5.74) is 0. The third kappa shape index (κ3) is 60.9. The van der Waals surface area contributed by atoms with Crippen LogP contribution in [0, 0.1) is 23.7 Å². The molecule has 0 saturated heterocycles. The molecule has 0 rings (SSSR count). The van der Waals surface area contributed by atoms with E-state index in [1.165, 1.54) is 128 Å². The first-order chi connectivity index (χ1) is 41.1. The summed E-state index contributed by atoms with van der Waals surface area (Å²) >= 11 is 0. The van der Waals surface area contributed by atoms with Crippen molar-refractivity contribution in [2.45, 2.75) is 343 Å². The Labute approximate surface area is 524 Å². The fourth-order valence-electron chi connectivity index (χ4n) is 9.96. The molecule has 5 atom stereocenters. The number of ether oxygens (including phenoxy) is 4. The Bertz CT molecular complexity index is 1710. The summed E-state index contributed by atoms with van der Waals surface area (Å²) in [6.07, 6.45) is 37.8. The van der Waals surface area contributed by atoms with Gasteiger partial charge in [0.25, 0.3) is 0 Å². The van der Waals surface area contributed by atoms with Crippen LogP contribution in [0.25, 0.3) is 0 Å². The number of carbonyl (C=O) groups excluding carboxylic acids is 4. The summed E-state index contributed by atoms with van der Waals surface area (Å²) < 4.78 is 68.1.